The minimum atomic E-state index is -1.11. The van der Waals surface area contributed by atoms with Crippen LogP contribution in [0, 0.1) is 0 Å². The summed E-state index contributed by atoms with van der Waals surface area (Å²) in [6, 6.07) is 29.7. The maximum Gasteiger partial charge on any atom is -1.00 e. The first kappa shape index (κ1) is 36.2. The molecule has 0 radical (unpaired) electrons. The zero-order valence-corrected chi connectivity index (χ0v) is 33.3. The third kappa shape index (κ3) is 6.58. The Labute approximate surface area is 297 Å². The quantitative estimate of drug-likeness (QED) is 0.246. The van der Waals surface area contributed by atoms with Crippen molar-refractivity contribution in [2.45, 2.75) is 112 Å². The molecule has 0 amide bonds. The molecule has 0 aliphatic heterocycles. The van der Waals surface area contributed by atoms with Crippen LogP contribution in [0.2, 0.25) is 0 Å². The van der Waals surface area contributed by atoms with Crippen LogP contribution >= 0.6 is 0 Å². The van der Waals surface area contributed by atoms with Crippen molar-refractivity contribution in [1.29, 1.82) is 0 Å². The van der Waals surface area contributed by atoms with Gasteiger partial charge in [-0.2, -0.15) is 0 Å². The summed E-state index contributed by atoms with van der Waals surface area (Å²) >= 11 is -1.11. The molecule has 0 saturated carbocycles. The molecule has 0 aromatic heterocycles. The Morgan fingerprint density at radius 1 is 0.356 bits per heavy atom. The fourth-order valence-corrected chi connectivity index (χ4v) is 11.8. The van der Waals surface area contributed by atoms with Crippen molar-refractivity contribution < 1.29 is 48.0 Å². The van der Waals surface area contributed by atoms with Crippen molar-refractivity contribution in [3.8, 4) is 22.3 Å². The topological polar surface area (TPSA) is 0 Å². The average Bonchev–Trinajstić information content (AvgIpc) is 3.38. The summed E-state index contributed by atoms with van der Waals surface area (Å²) in [5.41, 5.74) is 18.6. The van der Waals surface area contributed by atoms with E-state index in [0.717, 1.165) is 0 Å². The largest absolute Gasteiger partial charge is 1.00 e. The second-order valence-electron chi connectivity index (χ2n) is 17.2. The van der Waals surface area contributed by atoms with Gasteiger partial charge in [0.15, 0.2) is 0 Å². The Morgan fingerprint density at radius 2 is 0.556 bits per heavy atom. The zero-order valence-electron chi connectivity index (χ0n) is 29.3. The Balaban J connectivity index is 0.00000230. The van der Waals surface area contributed by atoms with Gasteiger partial charge < -0.3 is 24.8 Å². The third-order valence-corrected chi connectivity index (χ3v) is 14.5. The molecule has 4 aromatic rings. The van der Waals surface area contributed by atoms with Crippen molar-refractivity contribution in [3.05, 3.63) is 117 Å². The molecule has 0 unspecified atom stereocenters. The summed E-state index contributed by atoms with van der Waals surface area (Å²) in [5.74, 6) is 0. The number of hydrogen-bond acceptors (Lipinski definition) is 0. The number of fused-ring (bicyclic) bond motifs is 6. The van der Waals surface area contributed by atoms with Crippen LogP contribution in [0.1, 0.15) is 135 Å². The van der Waals surface area contributed by atoms with Crippen LogP contribution < -0.4 is 24.8 Å². The smallest absolute Gasteiger partial charge is 1.00 e. The number of benzene rings is 4. The van der Waals surface area contributed by atoms with Gasteiger partial charge in [-0.25, -0.2) is 0 Å². The minimum Gasteiger partial charge on any atom is -1.00 e. The van der Waals surface area contributed by atoms with Crippen LogP contribution in [0.3, 0.4) is 0 Å². The molecule has 0 spiro atoms. The van der Waals surface area contributed by atoms with Gasteiger partial charge in [0.2, 0.25) is 0 Å². The molecule has 45 heavy (non-hydrogen) atoms. The first-order valence-corrected chi connectivity index (χ1v) is 19.0. The molecule has 6 rings (SSSR count). The molecular weight excluding hydrogens is 667 g/mol. The predicted octanol–water partition coefficient (Wildman–Crippen LogP) is 5.81. The molecule has 2 aliphatic carbocycles. The maximum absolute atomic E-state index is 2.59. The Kier molecular flexibility index (Phi) is 9.73. The summed E-state index contributed by atoms with van der Waals surface area (Å²) in [6.07, 6.45) is 0. The Bertz CT molecular complexity index is 1480. The first-order valence-electron chi connectivity index (χ1n) is 16.2. The van der Waals surface area contributed by atoms with E-state index in [1.165, 1.54) is 44.5 Å². The summed E-state index contributed by atoms with van der Waals surface area (Å²) in [4.78, 5) is 0. The van der Waals surface area contributed by atoms with Gasteiger partial charge in [0.1, 0.15) is 0 Å². The van der Waals surface area contributed by atoms with Crippen LogP contribution in [0.15, 0.2) is 72.8 Å². The fourth-order valence-electron chi connectivity index (χ4n) is 6.91. The molecule has 4 aromatic carbocycles. The van der Waals surface area contributed by atoms with Gasteiger partial charge >= 0.3 is 275 Å². The van der Waals surface area contributed by atoms with Gasteiger partial charge in [-0.15, -0.1) is 0 Å². The number of halogens is 2. The monoisotopic (exact) mass is 714 g/mol. The summed E-state index contributed by atoms with van der Waals surface area (Å²) in [5, 5.41) is 0. The van der Waals surface area contributed by atoms with E-state index in [0.29, 0.717) is 7.25 Å². The SMILES string of the molecule is CC(C)(C)c1ccc2c(c1)[CH]([Zr+2][CH]1c3cc(C(C)(C)C)ccc3-c3ccc(C(C)(C)C)cc31)c1cc(C(C)(C)C)ccc1-2.[Cl-].[Cl-]. The Morgan fingerprint density at radius 3 is 0.733 bits per heavy atom. The van der Waals surface area contributed by atoms with Crippen molar-refractivity contribution in [3.63, 3.8) is 0 Å². The van der Waals surface area contributed by atoms with Crippen molar-refractivity contribution >= 4 is 0 Å². The van der Waals surface area contributed by atoms with E-state index in [1.807, 2.05) is 0 Å². The second kappa shape index (κ2) is 12.1. The number of hydrogen-bond donors (Lipinski definition) is 0. The van der Waals surface area contributed by atoms with E-state index in [-0.39, 0.29) is 46.5 Å². The van der Waals surface area contributed by atoms with Crippen LogP contribution in [0.25, 0.3) is 22.3 Å². The second-order valence-corrected chi connectivity index (χ2v) is 20.9. The van der Waals surface area contributed by atoms with E-state index in [1.54, 1.807) is 22.3 Å². The molecule has 2 aliphatic rings. The molecule has 0 heterocycles. The standard InChI is InChI=1S/2C21H25.2ClH.Zr/c2*1-20(2,3)16-7-9-18-14(12-16)11-15-13-17(21(4,5)6)8-10-19(15)18;;;/h2*7-13H,1-6H3;2*1H;/q;;;;+2/p-2. The van der Waals surface area contributed by atoms with E-state index >= 15 is 0 Å². The van der Waals surface area contributed by atoms with E-state index in [2.05, 4.69) is 156 Å². The molecular formula is C42H50Cl2Zr. The normalized spacial score (nSPS) is 14.5. The van der Waals surface area contributed by atoms with E-state index in [4.69, 9.17) is 0 Å². The molecule has 3 heteroatoms. The van der Waals surface area contributed by atoms with Crippen LogP contribution in [0.4, 0.5) is 0 Å². The molecule has 0 saturated heterocycles. The van der Waals surface area contributed by atoms with Crippen LogP contribution in [0.5, 0.6) is 0 Å². The maximum atomic E-state index is 2.59. The number of rotatable bonds is 2. The van der Waals surface area contributed by atoms with Gasteiger partial charge in [0.25, 0.3) is 0 Å². The van der Waals surface area contributed by atoms with Gasteiger partial charge in [0, 0.05) is 0 Å². The van der Waals surface area contributed by atoms with Crippen molar-refractivity contribution in [1.82, 2.24) is 0 Å². The molecule has 0 atom stereocenters. The summed E-state index contributed by atoms with van der Waals surface area (Å²) < 4.78 is 1.05. The van der Waals surface area contributed by atoms with Gasteiger partial charge in [-0.3, -0.25) is 0 Å². The molecule has 0 nitrogen and oxygen atoms in total. The minimum absolute atomic E-state index is 0. The van der Waals surface area contributed by atoms with Crippen molar-refractivity contribution in [2.75, 3.05) is 0 Å². The molecule has 0 fully saturated rings. The molecule has 236 valence electrons. The van der Waals surface area contributed by atoms with Crippen LogP contribution in [-0.4, -0.2) is 0 Å². The zero-order chi connectivity index (χ0) is 31.3. The summed E-state index contributed by atoms with van der Waals surface area (Å²) in [6.45, 7) is 28.3. The third-order valence-electron chi connectivity index (χ3n) is 9.83. The van der Waals surface area contributed by atoms with Crippen LogP contribution in [-0.2, 0) is 44.9 Å². The van der Waals surface area contributed by atoms with Gasteiger partial charge in [-0.05, 0) is 0 Å². The molecule has 0 N–H and O–H groups in total. The van der Waals surface area contributed by atoms with E-state index < -0.39 is 23.2 Å². The van der Waals surface area contributed by atoms with Crippen molar-refractivity contribution in [2.24, 2.45) is 0 Å². The fraction of sp³-hybridized carbons (Fsp3) is 0.429. The molecule has 0 bridgehead atoms. The van der Waals surface area contributed by atoms with Gasteiger partial charge in [0.05, 0.1) is 0 Å². The Hall–Kier alpha value is -1.66. The van der Waals surface area contributed by atoms with E-state index in [9.17, 15) is 0 Å². The summed E-state index contributed by atoms with van der Waals surface area (Å²) in [7, 11) is 0. The first-order chi connectivity index (χ1) is 19.8. The average molecular weight is 717 g/mol. The predicted molar refractivity (Wildman–Crippen MR) is 182 cm³/mol. The van der Waals surface area contributed by atoms with Gasteiger partial charge in [-0.1, -0.05) is 0 Å².